The van der Waals surface area contributed by atoms with E-state index in [1.54, 1.807) is 23.9 Å². The van der Waals surface area contributed by atoms with Gasteiger partial charge >= 0.3 is 0 Å². The molecule has 1 atom stereocenters. The molecular weight excluding hydrogens is 152 g/mol. The minimum absolute atomic E-state index is 0.403. The van der Waals surface area contributed by atoms with E-state index >= 15 is 0 Å². The minimum Gasteiger partial charge on any atom is -0.389 e. The molecule has 0 aliphatic carbocycles. The first-order valence-electron chi connectivity index (χ1n) is 3.96. The number of nitrogens with zero attached hydrogens (tertiary/aromatic N) is 2. The van der Waals surface area contributed by atoms with E-state index in [1.807, 2.05) is 20.0 Å². The van der Waals surface area contributed by atoms with Gasteiger partial charge in [0.1, 0.15) is 0 Å². The van der Waals surface area contributed by atoms with Gasteiger partial charge < -0.3 is 5.11 Å². The molecular formula is C9H14N2O. The van der Waals surface area contributed by atoms with Gasteiger partial charge in [-0.3, -0.25) is 4.68 Å². The van der Waals surface area contributed by atoms with Crippen molar-refractivity contribution < 1.29 is 5.11 Å². The first kappa shape index (κ1) is 9.00. The molecule has 0 amide bonds. The van der Waals surface area contributed by atoms with E-state index in [2.05, 4.69) is 5.10 Å². The van der Waals surface area contributed by atoms with Crippen LogP contribution >= 0.6 is 0 Å². The molecule has 0 saturated carbocycles. The third-order valence-electron chi connectivity index (χ3n) is 1.72. The quantitative estimate of drug-likeness (QED) is 0.717. The summed E-state index contributed by atoms with van der Waals surface area (Å²) in [5.74, 6) is 0. The van der Waals surface area contributed by atoms with Crippen molar-refractivity contribution in [3.05, 3.63) is 24.0 Å². The Morgan fingerprint density at radius 2 is 2.42 bits per heavy atom. The van der Waals surface area contributed by atoms with E-state index in [0.29, 0.717) is 0 Å². The van der Waals surface area contributed by atoms with Gasteiger partial charge in [-0.1, -0.05) is 6.08 Å². The molecule has 0 aliphatic rings. The number of hydrogen-bond acceptors (Lipinski definition) is 2. The molecule has 0 aromatic carbocycles. The van der Waals surface area contributed by atoms with Crippen LogP contribution in [0.15, 0.2) is 18.3 Å². The van der Waals surface area contributed by atoms with Crippen molar-refractivity contribution in [2.24, 2.45) is 7.05 Å². The average molecular weight is 166 g/mol. The lowest BCUT2D eigenvalue weighted by Gasteiger charge is -2.03. The van der Waals surface area contributed by atoms with Gasteiger partial charge in [0.25, 0.3) is 0 Å². The highest BCUT2D eigenvalue weighted by Gasteiger charge is 2.00. The molecule has 1 unspecified atom stereocenters. The molecule has 3 nitrogen and oxygen atoms in total. The molecule has 0 aliphatic heterocycles. The van der Waals surface area contributed by atoms with Crippen LogP contribution in [0.5, 0.6) is 0 Å². The summed E-state index contributed by atoms with van der Waals surface area (Å²) < 4.78 is 1.79. The van der Waals surface area contributed by atoms with Crippen LogP contribution in [-0.4, -0.2) is 21.0 Å². The van der Waals surface area contributed by atoms with E-state index in [9.17, 15) is 0 Å². The van der Waals surface area contributed by atoms with E-state index < -0.39 is 6.10 Å². The molecule has 0 saturated heterocycles. The van der Waals surface area contributed by atoms with E-state index in [4.69, 9.17) is 5.11 Å². The Bertz CT molecular complexity index is 286. The van der Waals surface area contributed by atoms with E-state index in [1.165, 1.54) is 0 Å². The van der Waals surface area contributed by atoms with Gasteiger partial charge in [-0.25, -0.2) is 0 Å². The normalized spacial score (nSPS) is 14.8. The van der Waals surface area contributed by atoms with E-state index in [0.717, 1.165) is 11.3 Å². The average Bonchev–Trinajstić information content (AvgIpc) is 2.33. The Kier molecular flexibility index (Phi) is 2.65. The maximum absolute atomic E-state index is 9.11. The van der Waals surface area contributed by atoms with Gasteiger partial charge in [0.2, 0.25) is 0 Å². The number of aromatic nitrogens is 2. The maximum atomic E-state index is 9.11. The molecule has 3 heteroatoms. The lowest BCUT2D eigenvalue weighted by atomic mass is 10.2. The fourth-order valence-electron chi connectivity index (χ4n) is 1.21. The Morgan fingerprint density at radius 3 is 2.83 bits per heavy atom. The highest BCUT2D eigenvalue weighted by Crippen LogP contribution is 2.12. The standard InChI is InChI=1S/C9H14N2O/c1-7(6-8(2)12)9-4-5-10-11(9)3/h4-6,8,12H,1-3H3/b7-6-. The summed E-state index contributed by atoms with van der Waals surface area (Å²) in [5, 5.41) is 13.1. The van der Waals surface area contributed by atoms with Gasteiger partial charge in [0.05, 0.1) is 11.8 Å². The zero-order valence-electron chi connectivity index (χ0n) is 7.65. The number of allylic oxidation sites excluding steroid dienone is 1. The van der Waals surface area contributed by atoms with Crippen LogP contribution in [0, 0.1) is 0 Å². The van der Waals surface area contributed by atoms with Crippen LogP contribution < -0.4 is 0 Å². The van der Waals surface area contributed by atoms with Gasteiger partial charge in [0, 0.05) is 13.2 Å². The van der Waals surface area contributed by atoms with Gasteiger partial charge in [-0.2, -0.15) is 5.10 Å². The maximum Gasteiger partial charge on any atom is 0.0699 e. The number of aryl methyl sites for hydroxylation is 1. The molecule has 1 heterocycles. The second-order valence-electron chi connectivity index (χ2n) is 2.93. The zero-order chi connectivity index (χ0) is 9.14. The van der Waals surface area contributed by atoms with Crippen molar-refractivity contribution in [1.82, 2.24) is 9.78 Å². The number of rotatable bonds is 2. The van der Waals surface area contributed by atoms with Crippen molar-refractivity contribution >= 4 is 5.57 Å². The summed E-state index contributed by atoms with van der Waals surface area (Å²) in [6, 6.07) is 1.92. The van der Waals surface area contributed by atoms with Crippen LogP contribution in [0.3, 0.4) is 0 Å². The third kappa shape index (κ3) is 1.95. The molecule has 1 aromatic rings. The molecule has 12 heavy (non-hydrogen) atoms. The van der Waals surface area contributed by atoms with Crippen LogP contribution in [0.1, 0.15) is 19.5 Å². The summed E-state index contributed by atoms with van der Waals surface area (Å²) in [4.78, 5) is 0. The zero-order valence-corrected chi connectivity index (χ0v) is 7.65. The summed E-state index contributed by atoms with van der Waals surface area (Å²) in [5.41, 5.74) is 2.08. The van der Waals surface area contributed by atoms with Crippen LogP contribution in [0.4, 0.5) is 0 Å². The van der Waals surface area contributed by atoms with Gasteiger partial charge in [0.15, 0.2) is 0 Å². The Hall–Kier alpha value is -1.09. The molecule has 0 fully saturated rings. The summed E-state index contributed by atoms with van der Waals surface area (Å²) >= 11 is 0. The fourth-order valence-corrected chi connectivity index (χ4v) is 1.21. The summed E-state index contributed by atoms with van der Waals surface area (Å²) in [7, 11) is 1.88. The Balaban J connectivity index is 2.92. The van der Waals surface area contributed by atoms with Crippen molar-refractivity contribution in [3.63, 3.8) is 0 Å². The van der Waals surface area contributed by atoms with Gasteiger partial charge in [-0.05, 0) is 25.5 Å². The molecule has 0 spiro atoms. The first-order chi connectivity index (χ1) is 5.61. The molecule has 1 rings (SSSR count). The van der Waals surface area contributed by atoms with Crippen molar-refractivity contribution in [1.29, 1.82) is 0 Å². The summed E-state index contributed by atoms with van der Waals surface area (Å²) in [6.07, 6.45) is 3.14. The SMILES string of the molecule is C/C(=C/C(C)O)c1ccnn1C. The highest BCUT2D eigenvalue weighted by atomic mass is 16.3. The van der Waals surface area contributed by atoms with Crippen molar-refractivity contribution in [2.45, 2.75) is 20.0 Å². The monoisotopic (exact) mass is 166 g/mol. The first-order valence-corrected chi connectivity index (χ1v) is 3.96. The lowest BCUT2D eigenvalue weighted by molar-refractivity contribution is 0.244. The molecule has 66 valence electrons. The molecule has 1 aromatic heterocycles. The van der Waals surface area contributed by atoms with Crippen molar-refractivity contribution in [3.8, 4) is 0 Å². The van der Waals surface area contributed by atoms with Crippen LogP contribution in [0.25, 0.3) is 5.57 Å². The smallest absolute Gasteiger partial charge is 0.0699 e. The second kappa shape index (κ2) is 3.54. The van der Waals surface area contributed by atoms with Crippen LogP contribution in [0.2, 0.25) is 0 Å². The van der Waals surface area contributed by atoms with Crippen LogP contribution in [-0.2, 0) is 7.05 Å². The Morgan fingerprint density at radius 1 is 1.75 bits per heavy atom. The minimum atomic E-state index is -0.403. The van der Waals surface area contributed by atoms with Gasteiger partial charge in [-0.15, -0.1) is 0 Å². The lowest BCUT2D eigenvalue weighted by Crippen LogP contribution is -1.99. The largest absolute Gasteiger partial charge is 0.389 e. The number of hydrogen-bond donors (Lipinski definition) is 1. The topological polar surface area (TPSA) is 38.1 Å². The van der Waals surface area contributed by atoms with Crippen molar-refractivity contribution in [2.75, 3.05) is 0 Å². The highest BCUT2D eigenvalue weighted by molar-refractivity contribution is 5.60. The number of aliphatic hydroxyl groups excluding tert-OH is 1. The predicted octanol–water partition coefficient (Wildman–Crippen LogP) is 1.20. The Labute approximate surface area is 72.3 Å². The predicted molar refractivity (Wildman–Crippen MR) is 48.5 cm³/mol. The number of aliphatic hydroxyl groups is 1. The molecule has 0 bridgehead atoms. The second-order valence-corrected chi connectivity index (χ2v) is 2.93. The fraction of sp³-hybridized carbons (Fsp3) is 0.444. The van der Waals surface area contributed by atoms with E-state index in [-0.39, 0.29) is 0 Å². The third-order valence-corrected chi connectivity index (χ3v) is 1.72. The summed E-state index contributed by atoms with van der Waals surface area (Å²) in [6.45, 7) is 3.70. The molecule has 0 radical (unpaired) electrons. The molecule has 1 N–H and O–H groups in total.